The Labute approximate surface area is 140 Å². The van der Waals surface area contributed by atoms with E-state index < -0.39 is 13.1 Å². The number of H-pyrrole nitrogens is 1. The summed E-state index contributed by atoms with van der Waals surface area (Å²) in [6.07, 6.45) is 12.1. The predicted molar refractivity (Wildman–Crippen MR) is 90.5 cm³/mol. The molecule has 0 fully saturated rings. The Hall–Kier alpha value is -2.58. The summed E-state index contributed by atoms with van der Waals surface area (Å²) in [5.74, 6) is -1.22. The summed E-state index contributed by atoms with van der Waals surface area (Å²) in [5, 5.41) is 21.8. The number of imidazole rings is 1. The molecule has 1 aromatic heterocycles. The minimum atomic E-state index is -1.71. The Morgan fingerprint density at radius 2 is 2.33 bits per heavy atom. The molecule has 0 unspecified atom stereocenters. The van der Waals surface area contributed by atoms with Crippen LogP contribution in [0.25, 0.3) is 0 Å². The van der Waals surface area contributed by atoms with Gasteiger partial charge < -0.3 is 25.1 Å². The van der Waals surface area contributed by atoms with Gasteiger partial charge in [-0.15, -0.1) is 0 Å². The Morgan fingerprint density at radius 1 is 1.50 bits per heavy atom. The zero-order chi connectivity index (χ0) is 17.4. The fourth-order valence-electron chi connectivity index (χ4n) is 2.15. The second-order valence-electron chi connectivity index (χ2n) is 5.33. The highest BCUT2D eigenvalue weighted by atomic mass is 16.5. The quantitative estimate of drug-likeness (QED) is 0.566. The number of rotatable bonds is 6. The van der Waals surface area contributed by atoms with E-state index in [2.05, 4.69) is 21.9 Å². The maximum absolute atomic E-state index is 12.0. The summed E-state index contributed by atoms with van der Waals surface area (Å²) in [4.78, 5) is 18.7. The molecule has 1 amide bonds. The molecule has 0 aromatic carbocycles. The molecule has 0 spiro atoms. The van der Waals surface area contributed by atoms with E-state index in [1.165, 1.54) is 18.8 Å². The molecule has 126 valence electrons. The largest absolute Gasteiger partial charge is 0.497 e. The van der Waals surface area contributed by atoms with Crippen molar-refractivity contribution in [2.75, 3.05) is 6.61 Å². The van der Waals surface area contributed by atoms with E-state index in [0.29, 0.717) is 23.4 Å². The molecule has 0 saturated heterocycles. The molecule has 0 aliphatic carbocycles. The monoisotopic (exact) mass is 329 g/mol. The summed E-state index contributed by atoms with van der Waals surface area (Å²) in [6, 6.07) is 0. The predicted octanol–water partition coefficient (Wildman–Crippen LogP) is 0.422. The van der Waals surface area contributed by atoms with Crippen LogP contribution in [0, 0.1) is 0 Å². The van der Waals surface area contributed by atoms with Crippen molar-refractivity contribution in [3.05, 3.63) is 66.5 Å². The molecule has 0 radical (unpaired) electrons. The van der Waals surface area contributed by atoms with Crippen molar-refractivity contribution in [1.29, 1.82) is 0 Å². The van der Waals surface area contributed by atoms with Gasteiger partial charge in [-0.25, -0.2) is 4.98 Å². The zero-order valence-electron chi connectivity index (χ0n) is 13.2. The lowest BCUT2D eigenvalue weighted by Crippen LogP contribution is -2.47. The van der Waals surface area contributed by atoms with Crippen LogP contribution >= 0.6 is 0 Å². The van der Waals surface area contributed by atoms with E-state index in [0.717, 1.165) is 0 Å². The van der Waals surface area contributed by atoms with Crippen LogP contribution in [0.1, 0.15) is 12.1 Å². The summed E-state index contributed by atoms with van der Waals surface area (Å²) < 4.78 is 5.37. The van der Waals surface area contributed by atoms with Gasteiger partial charge in [0.25, 0.3) is 0 Å². The number of nitrogens with one attached hydrogen (secondary N) is 2. The number of amides is 1. The number of carbonyl (C=O) groups excluding carboxylic acids is 1. The summed E-state index contributed by atoms with van der Waals surface area (Å²) in [5.41, 5.74) is 1.99. The second kappa shape index (κ2) is 8.90. The van der Waals surface area contributed by atoms with Gasteiger partial charge in [0.2, 0.25) is 5.91 Å². The lowest BCUT2D eigenvalue weighted by Gasteiger charge is -2.19. The van der Waals surface area contributed by atoms with Crippen LogP contribution in [-0.2, 0) is 16.0 Å². The standard InChI is InChI=1S/C16H20BN3O4/c1-12-5-3-2-4-6-24-10-13(12)7-15(17(22)23)20-16(21)8-14-9-18-11-19-14/h2-5,9-11,15,22-23H,1,6-8H2,(H,18,19)(H,20,21)/b4-2-,5-3-,13-10?/t15-/m0/s1. The molecule has 0 saturated carbocycles. The maximum Gasteiger partial charge on any atom is 0.475 e. The topological polar surface area (TPSA) is 107 Å². The van der Waals surface area contributed by atoms with E-state index in [1.54, 1.807) is 6.08 Å². The van der Waals surface area contributed by atoms with Gasteiger partial charge in [-0.2, -0.15) is 0 Å². The number of hydrogen-bond acceptors (Lipinski definition) is 5. The first kappa shape index (κ1) is 17.8. The number of aromatic amines is 1. The van der Waals surface area contributed by atoms with E-state index in [9.17, 15) is 14.8 Å². The molecular formula is C16H20BN3O4. The molecule has 7 nitrogen and oxygen atoms in total. The Balaban J connectivity index is 2.01. The average Bonchev–Trinajstić information content (AvgIpc) is 3.05. The minimum Gasteiger partial charge on any atom is -0.497 e. The van der Waals surface area contributed by atoms with E-state index >= 15 is 0 Å². The van der Waals surface area contributed by atoms with Crippen LogP contribution in [0.3, 0.4) is 0 Å². The van der Waals surface area contributed by atoms with Crippen molar-refractivity contribution in [3.8, 4) is 0 Å². The normalized spacial score (nSPS) is 18.2. The lowest BCUT2D eigenvalue weighted by atomic mass is 9.75. The molecule has 1 aliphatic heterocycles. The SMILES string of the molecule is C=C1/C=C\C=C/COC=C1C[C@H](NC(=O)Cc1cnc[nH]1)B(O)O. The van der Waals surface area contributed by atoms with Crippen molar-refractivity contribution in [3.63, 3.8) is 0 Å². The Kier molecular flexibility index (Phi) is 6.59. The highest BCUT2D eigenvalue weighted by Gasteiger charge is 2.27. The Bertz CT molecular complexity index is 650. The van der Waals surface area contributed by atoms with E-state index in [-0.39, 0.29) is 18.7 Å². The van der Waals surface area contributed by atoms with Gasteiger partial charge in [-0.3, -0.25) is 4.79 Å². The van der Waals surface area contributed by atoms with Crippen LogP contribution in [0.15, 0.2) is 60.8 Å². The molecule has 0 bridgehead atoms. The van der Waals surface area contributed by atoms with Gasteiger partial charge >= 0.3 is 7.12 Å². The van der Waals surface area contributed by atoms with Crippen molar-refractivity contribution in [2.24, 2.45) is 0 Å². The van der Waals surface area contributed by atoms with E-state index in [1.807, 2.05) is 18.2 Å². The number of allylic oxidation sites excluding steroid dienone is 4. The van der Waals surface area contributed by atoms with E-state index in [4.69, 9.17) is 4.74 Å². The number of carbonyl (C=O) groups is 1. The third-order valence-electron chi connectivity index (χ3n) is 3.43. The first-order chi connectivity index (χ1) is 11.6. The van der Waals surface area contributed by atoms with Crippen LogP contribution in [0.2, 0.25) is 0 Å². The number of aromatic nitrogens is 2. The molecule has 4 N–H and O–H groups in total. The van der Waals surface area contributed by atoms with Crippen molar-refractivity contribution >= 4 is 13.0 Å². The second-order valence-corrected chi connectivity index (χ2v) is 5.33. The maximum atomic E-state index is 12.0. The van der Waals surface area contributed by atoms with Gasteiger partial charge in [-0.1, -0.05) is 24.8 Å². The molecule has 2 rings (SSSR count). The van der Waals surface area contributed by atoms with Crippen molar-refractivity contribution < 1.29 is 19.6 Å². The fourth-order valence-corrected chi connectivity index (χ4v) is 2.15. The molecule has 1 aromatic rings. The fraction of sp³-hybridized carbons (Fsp3) is 0.250. The molecule has 1 atom stereocenters. The van der Waals surface area contributed by atoms with Gasteiger partial charge in [0.15, 0.2) is 0 Å². The van der Waals surface area contributed by atoms with Crippen LogP contribution < -0.4 is 5.32 Å². The smallest absolute Gasteiger partial charge is 0.475 e. The zero-order valence-corrected chi connectivity index (χ0v) is 13.2. The van der Waals surface area contributed by atoms with Crippen molar-refractivity contribution in [2.45, 2.75) is 18.8 Å². The summed E-state index contributed by atoms with van der Waals surface area (Å²) in [7, 11) is -1.71. The summed E-state index contributed by atoms with van der Waals surface area (Å²) in [6.45, 7) is 4.34. The first-order valence-corrected chi connectivity index (χ1v) is 7.52. The Morgan fingerprint density at radius 3 is 3.04 bits per heavy atom. The molecule has 8 heteroatoms. The summed E-state index contributed by atoms with van der Waals surface area (Å²) >= 11 is 0. The van der Waals surface area contributed by atoms with Gasteiger partial charge in [0, 0.05) is 11.9 Å². The lowest BCUT2D eigenvalue weighted by molar-refractivity contribution is -0.120. The molecular weight excluding hydrogens is 309 g/mol. The van der Waals surface area contributed by atoms with Crippen LogP contribution in [0.4, 0.5) is 0 Å². The third kappa shape index (κ3) is 5.56. The van der Waals surface area contributed by atoms with Crippen LogP contribution in [0.5, 0.6) is 0 Å². The number of ether oxygens (including phenoxy) is 1. The third-order valence-corrected chi connectivity index (χ3v) is 3.43. The van der Waals surface area contributed by atoms with Gasteiger partial charge in [-0.05, 0) is 23.6 Å². The number of nitrogens with zero attached hydrogens (tertiary/aromatic N) is 1. The highest BCUT2D eigenvalue weighted by Crippen LogP contribution is 2.18. The van der Waals surface area contributed by atoms with Crippen LogP contribution in [-0.4, -0.2) is 45.6 Å². The minimum absolute atomic E-state index is 0.0730. The average molecular weight is 329 g/mol. The molecule has 1 aliphatic rings. The van der Waals surface area contributed by atoms with Gasteiger partial charge in [0.05, 0.1) is 25.0 Å². The molecule has 2 heterocycles. The molecule has 24 heavy (non-hydrogen) atoms. The van der Waals surface area contributed by atoms with Gasteiger partial charge in [0.1, 0.15) is 6.61 Å². The van der Waals surface area contributed by atoms with Crippen molar-refractivity contribution in [1.82, 2.24) is 15.3 Å². The number of hydrogen-bond donors (Lipinski definition) is 4. The first-order valence-electron chi connectivity index (χ1n) is 7.52. The highest BCUT2D eigenvalue weighted by molar-refractivity contribution is 6.43.